The first-order valence-electron chi connectivity index (χ1n) is 10.9. The number of carbonyl (C=O) groups is 4. The number of halogens is 3. The van der Waals surface area contributed by atoms with Gasteiger partial charge in [-0.3, -0.25) is 19.2 Å². The molecule has 4 atom stereocenters. The summed E-state index contributed by atoms with van der Waals surface area (Å²) in [5.74, 6) is -4.22. The lowest BCUT2D eigenvalue weighted by molar-refractivity contribution is -0.167. The molecule has 2 aliphatic heterocycles. The van der Waals surface area contributed by atoms with Crippen molar-refractivity contribution in [1.29, 1.82) is 0 Å². The number of hydrogen-bond acceptors (Lipinski definition) is 10. The third-order valence-electron chi connectivity index (χ3n) is 6.00. The summed E-state index contributed by atoms with van der Waals surface area (Å²) in [6.45, 7) is -0.0729. The summed E-state index contributed by atoms with van der Waals surface area (Å²) in [6.07, 6.45) is -5.09. The molecule has 2 aliphatic rings. The van der Waals surface area contributed by atoms with Crippen LogP contribution in [0.3, 0.4) is 0 Å². The molecule has 0 bridgehead atoms. The first-order chi connectivity index (χ1) is 17.8. The van der Waals surface area contributed by atoms with Crippen LogP contribution in [0.5, 0.6) is 0 Å². The summed E-state index contributed by atoms with van der Waals surface area (Å²) < 4.78 is 39.0. The number of rotatable bonds is 8. The Bertz CT molecular complexity index is 1280. The van der Waals surface area contributed by atoms with Gasteiger partial charge in [-0.05, 0) is 28.1 Å². The highest BCUT2D eigenvalue weighted by Crippen LogP contribution is 2.44. The van der Waals surface area contributed by atoms with E-state index < -0.39 is 52.7 Å². The van der Waals surface area contributed by atoms with Gasteiger partial charge in [0.15, 0.2) is 0 Å². The zero-order valence-corrected chi connectivity index (χ0v) is 21.1. The minimum atomic E-state index is -5.09. The summed E-state index contributed by atoms with van der Waals surface area (Å²) >= 11 is 2.36. The topological polar surface area (TPSA) is 185 Å². The number of aromatic nitrogens is 4. The number of fused-ring (bicyclic) bond motifs is 1. The zero-order chi connectivity index (χ0) is 27.8. The van der Waals surface area contributed by atoms with Crippen LogP contribution in [0.15, 0.2) is 29.4 Å². The van der Waals surface area contributed by atoms with Crippen LogP contribution in [0.25, 0.3) is 0 Å². The number of nitrogens with zero attached hydrogens (tertiary/aromatic N) is 5. The molecule has 2 fully saturated rings. The molecule has 0 radical (unpaired) electrons. The maximum Gasteiger partial charge on any atom is 0.471 e. The number of benzene rings is 1. The lowest BCUT2D eigenvalue weighted by atomic mass is 9.89. The smallest absolute Gasteiger partial charge is 0.471 e. The molecule has 204 valence electrons. The van der Waals surface area contributed by atoms with E-state index in [2.05, 4.69) is 20.8 Å². The Hall–Kier alpha value is -3.38. The average molecular weight is 575 g/mol. The number of nitrogens with one attached hydrogen (secondary N) is 2. The van der Waals surface area contributed by atoms with Crippen molar-refractivity contribution in [2.24, 2.45) is 18.2 Å². The Morgan fingerprint density at radius 1 is 1.37 bits per heavy atom. The number of anilines is 1. The Kier molecular flexibility index (Phi) is 7.57. The fourth-order valence-corrected chi connectivity index (χ4v) is 6.57. The SMILES string of the molecule is Cn1nnnc1SCC1(C(=O)O)CS[C@@H]2C(NC(=O)C(N)c3cccc(NC(=O)C(F)(F)F)c3)C(=O)N2C1. The molecular formula is C20H21F3N8O5S2. The third kappa shape index (κ3) is 5.41. The van der Waals surface area contributed by atoms with Gasteiger partial charge in [0, 0.05) is 30.8 Å². The number of tetrazole rings is 1. The van der Waals surface area contributed by atoms with E-state index in [9.17, 15) is 37.5 Å². The van der Waals surface area contributed by atoms with E-state index in [1.54, 1.807) is 12.4 Å². The van der Waals surface area contributed by atoms with Crippen molar-refractivity contribution in [2.75, 3.05) is 23.4 Å². The largest absolute Gasteiger partial charge is 0.481 e. The highest BCUT2D eigenvalue weighted by atomic mass is 32.2. The molecule has 13 nitrogen and oxygen atoms in total. The van der Waals surface area contributed by atoms with Crippen molar-refractivity contribution in [3.8, 4) is 0 Å². The average Bonchev–Trinajstić information content (AvgIpc) is 3.29. The van der Waals surface area contributed by atoms with Gasteiger partial charge in [0.1, 0.15) is 22.9 Å². The molecule has 38 heavy (non-hydrogen) atoms. The van der Waals surface area contributed by atoms with E-state index in [4.69, 9.17) is 5.73 Å². The van der Waals surface area contributed by atoms with E-state index in [1.807, 2.05) is 0 Å². The number of aliphatic carboxylic acids is 1. The maximum absolute atomic E-state index is 12.8. The van der Waals surface area contributed by atoms with Crippen molar-refractivity contribution in [1.82, 2.24) is 30.4 Å². The van der Waals surface area contributed by atoms with Gasteiger partial charge in [-0.1, -0.05) is 23.9 Å². The number of thioether (sulfide) groups is 2. The van der Waals surface area contributed by atoms with Crippen LogP contribution in [0.4, 0.5) is 18.9 Å². The summed E-state index contributed by atoms with van der Waals surface area (Å²) in [6, 6.07) is 2.75. The predicted molar refractivity (Wildman–Crippen MR) is 128 cm³/mol. The Labute approximate surface area is 221 Å². The number of carbonyl (C=O) groups excluding carboxylic acids is 3. The highest BCUT2D eigenvalue weighted by molar-refractivity contribution is 8.00. The van der Waals surface area contributed by atoms with Gasteiger partial charge in [0.05, 0.1) is 0 Å². The maximum atomic E-state index is 12.8. The Balaban J connectivity index is 1.37. The Morgan fingerprint density at radius 2 is 2.11 bits per heavy atom. The lowest BCUT2D eigenvalue weighted by Gasteiger charge is -2.53. The van der Waals surface area contributed by atoms with Crippen molar-refractivity contribution in [3.63, 3.8) is 0 Å². The van der Waals surface area contributed by atoms with Crippen molar-refractivity contribution >= 4 is 52.9 Å². The Morgan fingerprint density at radius 3 is 2.74 bits per heavy atom. The second kappa shape index (κ2) is 10.4. The monoisotopic (exact) mass is 574 g/mol. The van der Waals surface area contributed by atoms with Gasteiger partial charge < -0.3 is 26.4 Å². The van der Waals surface area contributed by atoms with Crippen molar-refractivity contribution in [2.45, 2.75) is 28.8 Å². The molecule has 3 heterocycles. The zero-order valence-electron chi connectivity index (χ0n) is 19.5. The van der Waals surface area contributed by atoms with Crippen LogP contribution in [0.1, 0.15) is 11.6 Å². The second-order valence-electron chi connectivity index (χ2n) is 8.67. The van der Waals surface area contributed by atoms with Crippen LogP contribution < -0.4 is 16.4 Å². The highest BCUT2D eigenvalue weighted by Gasteiger charge is 2.57. The van der Waals surface area contributed by atoms with E-state index in [0.717, 1.165) is 17.8 Å². The number of nitrogens with two attached hydrogens (primary N) is 1. The van der Waals surface area contributed by atoms with Gasteiger partial charge >= 0.3 is 18.1 Å². The summed E-state index contributed by atoms with van der Waals surface area (Å²) in [5.41, 5.74) is 4.61. The van der Waals surface area contributed by atoms with Gasteiger partial charge in [-0.2, -0.15) is 13.2 Å². The molecule has 2 saturated heterocycles. The standard InChI is InChI=1S/C20H21F3N8O5S2/c1-30-18(27-28-29-30)38-8-19(17(35)36)6-31-14(33)12(15(31)37-7-19)26-13(32)11(24)9-3-2-4-10(5-9)25-16(34)20(21,22)23/h2-5,11-12,15H,6-8,24H2,1H3,(H,25,34)(H,26,32)(H,35,36)/t11?,12?,15-,19?/m1/s1. The molecule has 2 aromatic rings. The van der Waals surface area contributed by atoms with Gasteiger partial charge in [-0.25, -0.2) is 4.68 Å². The minimum absolute atomic E-state index is 0.0729. The number of β-lactam (4-membered cyclic amide) rings is 1. The predicted octanol–water partition coefficient (Wildman–Crippen LogP) is -0.0261. The van der Waals surface area contributed by atoms with Crippen molar-refractivity contribution in [3.05, 3.63) is 29.8 Å². The fraction of sp³-hybridized carbons (Fsp3) is 0.450. The van der Waals surface area contributed by atoms with Crippen LogP contribution >= 0.6 is 23.5 Å². The molecule has 1 aromatic heterocycles. The number of alkyl halides is 3. The molecule has 5 N–H and O–H groups in total. The quantitative estimate of drug-likeness (QED) is 0.245. The molecule has 4 rings (SSSR count). The van der Waals surface area contributed by atoms with Crippen LogP contribution in [0, 0.1) is 5.41 Å². The number of amides is 3. The third-order valence-corrected chi connectivity index (χ3v) is 8.89. The van der Waals surface area contributed by atoms with Crippen LogP contribution in [-0.2, 0) is 26.2 Å². The van der Waals surface area contributed by atoms with Gasteiger partial charge in [0.25, 0.3) is 0 Å². The van der Waals surface area contributed by atoms with Crippen LogP contribution in [0.2, 0.25) is 0 Å². The molecule has 0 saturated carbocycles. The van der Waals surface area contributed by atoms with E-state index >= 15 is 0 Å². The van der Waals surface area contributed by atoms with E-state index in [0.29, 0.717) is 5.16 Å². The molecular weight excluding hydrogens is 553 g/mol. The summed E-state index contributed by atoms with van der Waals surface area (Å²) in [7, 11) is 1.62. The molecule has 0 spiro atoms. The molecule has 3 amide bonds. The second-order valence-corrected chi connectivity index (χ2v) is 10.7. The first-order valence-corrected chi connectivity index (χ1v) is 12.9. The summed E-state index contributed by atoms with van der Waals surface area (Å²) in [5, 5.41) is 25.1. The molecule has 0 aliphatic carbocycles. The number of aryl methyl sites for hydroxylation is 1. The van der Waals surface area contributed by atoms with Gasteiger partial charge in [-0.15, -0.1) is 16.9 Å². The lowest BCUT2D eigenvalue weighted by Crippen LogP contribution is -2.74. The molecule has 1 aromatic carbocycles. The molecule has 3 unspecified atom stereocenters. The van der Waals surface area contributed by atoms with Crippen molar-refractivity contribution < 1.29 is 37.5 Å². The van der Waals surface area contributed by atoms with E-state index in [-0.39, 0.29) is 29.3 Å². The minimum Gasteiger partial charge on any atom is -0.481 e. The fourth-order valence-electron chi connectivity index (χ4n) is 3.86. The number of hydrogen-bond donors (Lipinski definition) is 4. The summed E-state index contributed by atoms with van der Waals surface area (Å²) in [4.78, 5) is 50.3. The first kappa shape index (κ1) is 27.6. The van der Waals surface area contributed by atoms with Crippen LogP contribution in [-0.4, -0.2) is 89.5 Å². The number of carboxylic acid groups (broad SMARTS) is 1. The molecule has 18 heteroatoms. The van der Waals surface area contributed by atoms with Gasteiger partial charge in [0.2, 0.25) is 17.0 Å². The number of carboxylic acids is 1. The normalized spacial score (nSPS) is 23.7. The van der Waals surface area contributed by atoms with E-state index in [1.165, 1.54) is 39.5 Å².